The molecule has 1 aromatic carbocycles. The number of carbonyl (C=O) groups is 2. The van der Waals surface area contributed by atoms with Crippen LogP contribution in [0.2, 0.25) is 0 Å². The number of hydrogen-bond donors (Lipinski definition) is 0. The summed E-state index contributed by atoms with van der Waals surface area (Å²) in [7, 11) is 2.78. The van der Waals surface area contributed by atoms with Crippen LogP contribution in [-0.4, -0.2) is 54.3 Å². The zero-order valence-corrected chi connectivity index (χ0v) is 14.3. The molecule has 0 aromatic heterocycles. The lowest BCUT2D eigenvalue weighted by Crippen LogP contribution is -2.66. The summed E-state index contributed by atoms with van der Waals surface area (Å²) >= 11 is 0. The first-order valence-corrected chi connectivity index (χ1v) is 8.78. The molecule has 0 spiro atoms. The van der Waals surface area contributed by atoms with Gasteiger partial charge in [-0.1, -0.05) is 30.3 Å². The highest BCUT2D eigenvalue weighted by atomic mass is 16.5. The van der Waals surface area contributed by atoms with Gasteiger partial charge < -0.3 is 14.2 Å². The van der Waals surface area contributed by atoms with Crippen molar-refractivity contribution in [2.75, 3.05) is 14.2 Å². The quantitative estimate of drug-likeness (QED) is 0.603. The molecule has 1 saturated carbocycles. The third-order valence-corrected chi connectivity index (χ3v) is 6.80. The van der Waals surface area contributed by atoms with Gasteiger partial charge in [-0.25, -0.2) is 9.59 Å². The van der Waals surface area contributed by atoms with E-state index in [0.29, 0.717) is 6.54 Å². The van der Waals surface area contributed by atoms with Crippen molar-refractivity contribution in [3.8, 4) is 0 Å². The van der Waals surface area contributed by atoms with Crippen LogP contribution in [0.25, 0.3) is 0 Å². The molecule has 0 radical (unpaired) electrons. The lowest BCUT2D eigenvalue weighted by Gasteiger charge is -2.45. The van der Waals surface area contributed by atoms with Gasteiger partial charge in [-0.15, -0.1) is 0 Å². The number of carbonyl (C=O) groups excluding carboxylic acids is 2. The summed E-state index contributed by atoms with van der Waals surface area (Å²) in [6, 6.07) is 9.90. The van der Waals surface area contributed by atoms with Crippen LogP contribution in [0.1, 0.15) is 18.4 Å². The van der Waals surface area contributed by atoms with Crippen molar-refractivity contribution in [1.29, 1.82) is 0 Å². The van der Waals surface area contributed by atoms with Crippen LogP contribution >= 0.6 is 0 Å². The molecule has 4 aliphatic rings. The molecular formula is C19H21NO5. The van der Waals surface area contributed by atoms with Crippen LogP contribution in [-0.2, 0) is 30.3 Å². The molecule has 6 atom stereocenters. The molecule has 1 aromatic rings. The Kier molecular flexibility index (Phi) is 2.96. The Balaban J connectivity index is 1.60. The molecule has 2 bridgehead atoms. The third kappa shape index (κ3) is 1.46. The Morgan fingerprint density at radius 2 is 1.56 bits per heavy atom. The zero-order chi connectivity index (χ0) is 17.4. The molecule has 1 aliphatic carbocycles. The molecule has 5 rings (SSSR count). The van der Waals surface area contributed by atoms with E-state index in [-0.39, 0.29) is 36.0 Å². The van der Waals surface area contributed by atoms with Gasteiger partial charge in [0.15, 0.2) is 11.1 Å². The van der Waals surface area contributed by atoms with Gasteiger partial charge in [0.1, 0.15) is 0 Å². The Bertz CT molecular complexity index is 709. The Hall–Kier alpha value is -1.92. The largest absolute Gasteiger partial charge is 0.468 e. The van der Waals surface area contributed by atoms with Crippen LogP contribution in [0.5, 0.6) is 0 Å². The maximum absolute atomic E-state index is 12.9. The van der Waals surface area contributed by atoms with Crippen LogP contribution < -0.4 is 0 Å². The lowest BCUT2D eigenvalue weighted by molar-refractivity contribution is -0.162. The molecule has 0 N–H and O–H groups in total. The smallest absolute Gasteiger partial charge is 0.329 e. The molecule has 6 unspecified atom stereocenters. The van der Waals surface area contributed by atoms with Gasteiger partial charge in [-0.05, 0) is 18.4 Å². The number of ether oxygens (including phenoxy) is 3. The fraction of sp³-hybridized carbons (Fsp3) is 0.579. The fourth-order valence-corrected chi connectivity index (χ4v) is 6.10. The SMILES string of the molecule is COC(=O)C12C3C4CCC(O4)C3C1(C(=O)OC)N2Cc1ccccc1. The number of fused-ring (bicyclic) bond motifs is 8. The van der Waals surface area contributed by atoms with E-state index in [0.717, 1.165) is 18.4 Å². The van der Waals surface area contributed by atoms with Crippen molar-refractivity contribution < 1.29 is 23.8 Å². The first kappa shape index (κ1) is 15.3. The zero-order valence-electron chi connectivity index (χ0n) is 14.3. The molecule has 4 fully saturated rings. The summed E-state index contributed by atoms with van der Waals surface area (Å²) in [5.41, 5.74) is -0.806. The van der Waals surface area contributed by atoms with Crippen LogP contribution in [0.15, 0.2) is 30.3 Å². The Labute approximate surface area is 146 Å². The predicted molar refractivity (Wildman–Crippen MR) is 86.4 cm³/mol. The maximum Gasteiger partial charge on any atom is 0.329 e. The lowest BCUT2D eigenvalue weighted by atomic mass is 9.52. The molecule has 3 saturated heterocycles. The highest BCUT2D eigenvalue weighted by molar-refractivity contribution is 6.05. The van der Waals surface area contributed by atoms with Crippen LogP contribution in [0.3, 0.4) is 0 Å². The van der Waals surface area contributed by atoms with E-state index in [9.17, 15) is 9.59 Å². The summed E-state index contributed by atoms with van der Waals surface area (Å²) in [5, 5.41) is 0. The van der Waals surface area contributed by atoms with Crippen molar-refractivity contribution in [2.45, 2.75) is 42.7 Å². The number of benzene rings is 1. The van der Waals surface area contributed by atoms with Crippen molar-refractivity contribution in [2.24, 2.45) is 11.8 Å². The Morgan fingerprint density at radius 1 is 1.04 bits per heavy atom. The minimum Gasteiger partial charge on any atom is -0.468 e. The van der Waals surface area contributed by atoms with Gasteiger partial charge in [0.25, 0.3) is 0 Å². The highest BCUT2D eigenvalue weighted by Crippen LogP contribution is 2.79. The summed E-state index contributed by atoms with van der Waals surface area (Å²) < 4.78 is 16.4. The Morgan fingerprint density at radius 3 is 2.04 bits per heavy atom. The number of esters is 2. The maximum atomic E-state index is 12.9. The minimum atomic E-state index is -0.935. The highest BCUT2D eigenvalue weighted by Gasteiger charge is 3.01. The van der Waals surface area contributed by atoms with Crippen molar-refractivity contribution >= 4 is 11.9 Å². The van der Waals surface area contributed by atoms with E-state index in [2.05, 4.69) is 0 Å². The van der Waals surface area contributed by atoms with Crippen molar-refractivity contribution in [1.82, 2.24) is 4.90 Å². The van der Waals surface area contributed by atoms with Crippen molar-refractivity contribution in [3.05, 3.63) is 35.9 Å². The van der Waals surface area contributed by atoms with Gasteiger partial charge in [0.2, 0.25) is 0 Å². The van der Waals surface area contributed by atoms with E-state index in [4.69, 9.17) is 14.2 Å². The molecule has 25 heavy (non-hydrogen) atoms. The molecule has 3 heterocycles. The molecule has 6 heteroatoms. The fourth-order valence-electron chi connectivity index (χ4n) is 6.10. The summed E-state index contributed by atoms with van der Waals surface area (Å²) in [5.74, 6) is -0.652. The predicted octanol–water partition coefficient (Wildman–Crippen LogP) is 1.13. The van der Waals surface area contributed by atoms with Gasteiger partial charge in [-0.3, -0.25) is 4.90 Å². The number of likely N-dealkylation sites (tertiary alicyclic amines) is 1. The second kappa shape index (κ2) is 4.83. The molecule has 0 amide bonds. The van der Waals surface area contributed by atoms with Gasteiger partial charge in [0, 0.05) is 18.4 Å². The molecule has 6 nitrogen and oxygen atoms in total. The molecule has 3 aliphatic heterocycles. The monoisotopic (exact) mass is 343 g/mol. The second-order valence-corrected chi connectivity index (χ2v) is 7.43. The van der Waals surface area contributed by atoms with E-state index in [1.54, 1.807) is 0 Å². The normalized spacial score (nSPS) is 45.1. The topological polar surface area (TPSA) is 64.8 Å². The molecule has 132 valence electrons. The number of nitrogens with zero attached hydrogens (tertiary/aromatic N) is 1. The van der Waals surface area contributed by atoms with Crippen molar-refractivity contribution in [3.63, 3.8) is 0 Å². The van der Waals surface area contributed by atoms with Gasteiger partial charge in [-0.2, -0.15) is 0 Å². The standard InChI is InChI=1S/C19H21NO5/c1-23-16(21)18-14-12-8-9-13(25-12)15(14)19(18,17(22)24-2)20(18)10-11-6-4-3-5-7-11/h3-7,12-15H,8-10H2,1-2H3. The number of methoxy groups -OCH3 is 2. The van der Waals surface area contributed by atoms with E-state index >= 15 is 0 Å². The van der Waals surface area contributed by atoms with E-state index in [1.165, 1.54) is 14.2 Å². The first-order valence-electron chi connectivity index (χ1n) is 8.78. The van der Waals surface area contributed by atoms with E-state index < -0.39 is 11.1 Å². The van der Waals surface area contributed by atoms with Gasteiger partial charge in [0.05, 0.1) is 26.4 Å². The van der Waals surface area contributed by atoms with Gasteiger partial charge >= 0.3 is 11.9 Å². The second-order valence-electron chi connectivity index (χ2n) is 7.43. The summed E-state index contributed by atoms with van der Waals surface area (Å²) in [4.78, 5) is 27.8. The first-order chi connectivity index (χ1) is 12.1. The summed E-state index contributed by atoms with van der Waals surface area (Å²) in [6.07, 6.45) is 1.96. The minimum absolute atomic E-state index is 0.0153. The average molecular weight is 343 g/mol. The third-order valence-electron chi connectivity index (χ3n) is 6.80. The number of hydrogen-bond acceptors (Lipinski definition) is 6. The van der Waals surface area contributed by atoms with Crippen LogP contribution in [0.4, 0.5) is 0 Å². The number of rotatable bonds is 4. The van der Waals surface area contributed by atoms with E-state index in [1.807, 2.05) is 35.2 Å². The summed E-state index contributed by atoms with van der Waals surface area (Å²) in [6.45, 7) is 0.525. The average Bonchev–Trinajstić information content (AvgIpc) is 2.96. The van der Waals surface area contributed by atoms with Crippen LogP contribution in [0, 0.1) is 11.8 Å². The molecular weight excluding hydrogens is 322 g/mol.